The molecule has 1 amide bonds. The summed E-state index contributed by atoms with van der Waals surface area (Å²) in [6.45, 7) is 4.04. The molecule has 2 aromatic carbocycles. The van der Waals surface area contributed by atoms with E-state index >= 15 is 0 Å². The van der Waals surface area contributed by atoms with Crippen molar-refractivity contribution >= 4 is 11.6 Å². The largest absolute Gasteiger partial charge is 0.485 e. The lowest BCUT2D eigenvalue weighted by Gasteiger charge is -2.24. The zero-order valence-electron chi connectivity index (χ0n) is 13.1. The van der Waals surface area contributed by atoms with Crippen LogP contribution in [0.15, 0.2) is 53.6 Å². The van der Waals surface area contributed by atoms with Gasteiger partial charge >= 0.3 is 0 Å². The number of carbonyl (C=O) groups is 1. The Labute approximate surface area is 134 Å². The minimum absolute atomic E-state index is 0.169. The van der Waals surface area contributed by atoms with Gasteiger partial charge < -0.3 is 9.47 Å². The van der Waals surface area contributed by atoms with E-state index in [1.54, 1.807) is 6.07 Å². The van der Waals surface area contributed by atoms with Gasteiger partial charge in [-0.25, -0.2) is 5.43 Å². The highest BCUT2D eigenvalue weighted by molar-refractivity contribution is 5.99. The maximum atomic E-state index is 12.2. The van der Waals surface area contributed by atoms with Gasteiger partial charge in [0.2, 0.25) is 6.10 Å². The lowest BCUT2D eigenvalue weighted by molar-refractivity contribution is -0.130. The van der Waals surface area contributed by atoms with Crippen LogP contribution < -0.4 is 14.9 Å². The average molecular weight is 310 g/mol. The van der Waals surface area contributed by atoms with Crippen molar-refractivity contribution in [1.29, 1.82) is 0 Å². The minimum Gasteiger partial charge on any atom is -0.485 e. The van der Waals surface area contributed by atoms with E-state index in [-0.39, 0.29) is 12.5 Å². The van der Waals surface area contributed by atoms with E-state index in [2.05, 4.69) is 10.5 Å². The van der Waals surface area contributed by atoms with Crippen molar-refractivity contribution in [3.8, 4) is 11.5 Å². The Morgan fingerprint density at radius 2 is 1.83 bits per heavy atom. The molecule has 3 rings (SSSR count). The van der Waals surface area contributed by atoms with E-state index in [4.69, 9.17) is 9.47 Å². The predicted molar refractivity (Wildman–Crippen MR) is 87.9 cm³/mol. The van der Waals surface area contributed by atoms with Gasteiger partial charge in [-0.2, -0.15) is 5.10 Å². The van der Waals surface area contributed by atoms with Crippen LogP contribution in [0.3, 0.4) is 0 Å². The first-order valence-corrected chi connectivity index (χ1v) is 7.43. The molecular formula is C18H18N2O3. The Morgan fingerprint density at radius 1 is 1.13 bits per heavy atom. The van der Waals surface area contributed by atoms with Crippen molar-refractivity contribution in [2.45, 2.75) is 20.0 Å². The Kier molecular flexibility index (Phi) is 4.28. The van der Waals surface area contributed by atoms with Crippen molar-refractivity contribution in [2.24, 2.45) is 5.10 Å². The van der Waals surface area contributed by atoms with Gasteiger partial charge in [0.05, 0.1) is 5.71 Å². The molecule has 0 aromatic heterocycles. The molecule has 1 aliphatic heterocycles. The molecule has 0 saturated heterocycles. The van der Waals surface area contributed by atoms with E-state index in [9.17, 15) is 4.79 Å². The number of nitrogens with zero attached hydrogens (tertiary/aromatic N) is 1. The summed E-state index contributed by atoms with van der Waals surface area (Å²) < 4.78 is 11.2. The number of rotatable bonds is 3. The topological polar surface area (TPSA) is 59.9 Å². The van der Waals surface area contributed by atoms with Gasteiger partial charge in [0.15, 0.2) is 11.5 Å². The smallest absolute Gasteiger partial charge is 0.284 e. The number of hydrogen-bond donors (Lipinski definition) is 1. The number of benzene rings is 2. The van der Waals surface area contributed by atoms with Gasteiger partial charge in [-0.1, -0.05) is 42.0 Å². The Balaban J connectivity index is 1.63. The summed E-state index contributed by atoms with van der Waals surface area (Å²) in [5, 5.41) is 4.14. The molecule has 1 atom stereocenters. The quantitative estimate of drug-likeness (QED) is 0.700. The summed E-state index contributed by atoms with van der Waals surface area (Å²) in [7, 11) is 0. The number of hydrogen-bond acceptors (Lipinski definition) is 4. The third-order valence-electron chi connectivity index (χ3n) is 3.60. The van der Waals surface area contributed by atoms with Crippen molar-refractivity contribution in [3.63, 3.8) is 0 Å². The molecule has 0 fully saturated rings. The molecule has 0 bridgehead atoms. The van der Waals surface area contributed by atoms with Gasteiger partial charge in [-0.15, -0.1) is 0 Å². The number of nitrogens with one attached hydrogen (secondary N) is 1. The number of carbonyl (C=O) groups excluding carboxylic acids is 1. The van der Waals surface area contributed by atoms with Gasteiger partial charge in [0.1, 0.15) is 6.61 Å². The number of hydrazone groups is 1. The third kappa shape index (κ3) is 3.51. The van der Waals surface area contributed by atoms with E-state index in [1.165, 1.54) is 5.56 Å². The van der Waals surface area contributed by atoms with Gasteiger partial charge in [0.25, 0.3) is 5.91 Å². The lowest BCUT2D eigenvalue weighted by Crippen LogP contribution is -2.42. The standard InChI is InChI=1S/C18H18N2O3/c1-12-7-9-14(10-8-12)13(2)19-20-18(21)17-11-22-15-5-3-4-6-16(15)23-17/h3-10,17H,11H2,1-2H3,(H,20,21). The van der Waals surface area contributed by atoms with Crippen LogP contribution >= 0.6 is 0 Å². The van der Waals surface area contributed by atoms with Crippen molar-refractivity contribution < 1.29 is 14.3 Å². The fraction of sp³-hybridized carbons (Fsp3) is 0.222. The SMILES string of the molecule is CC(=NNC(=O)C1COc2ccccc2O1)c1ccc(C)cc1. The fourth-order valence-corrected chi connectivity index (χ4v) is 2.22. The number of amides is 1. The Morgan fingerprint density at radius 3 is 2.57 bits per heavy atom. The number of fused-ring (bicyclic) bond motifs is 1. The monoisotopic (exact) mass is 310 g/mol. The van der Waals surface area contributed by atoms with Crippen LogP contribution in [0.5, 0.6) is 11.5 Å². The van der Waals surface area contributed by atoms with Crippen LogP contribution in [-0.4, -0.2) is 24.3 Å². The van der Waals surface area contributed by atoms with Crippen LogP contribution in [-0.2, 0) is 4.79 Å². The van der Waals surface area contributed by atoms with E-state index in [0.29, 0.717) is 11.5 Å². The van der Waals surface area contributed by atoms with Crippen LogP contribution in [0, 0.1) is 6.92 Å². The molecule has 0 saturated carbocycles. The van der Waals surface area contributed by atoms with E-state index in [1.807, 2.05) is 56.3 Å². The Bertz CT molecular complexity index is 738. The molecule has 5 nitrogen and oxygen atoms in total. The highest BCUT2D eigenvalue weighted by Crippen LogP contribution is 2.30. The molecule has 118 valence electrons. The maximum absolute atomic E-state index is 12.2. The molecule has 5 heteroatoms. The lowest BCUT2D eigenvalue weighted by atomic mass is 10.1. The molecule has 1 aliphatic rings. The normalized spacial score (nSPS) is 16.8. The van der Waals surface area contributed by atoms with Crippen LogP contribution in [0.25, 0.3) is 0 Å². The van der Waals surface area contributed by atoms with Crippen molar-refractivity contribution in [3.05, 3.63) is 59.7 Å². The molecule has 0 spiro atoms. The number of para-hydroxylation sites is 2. The molecule has 2 aromatic rings. The van der Waals surface area contributed by atoms with Crippen LogP contribution in [0.2, 0.25) is 0 Å². The van der Waals surface area contributed by atoms with Crippen LogP contribution in [0.1, 0.15) is 18.1 Å². The average Bonchev–Trinajstić information content (AvgIpc) is 2.59. The molecule has 0 aliphatic carbocycles. The van der Waals surface area contributed by atoms with Gasteiger partial charge in [-0.05, 0) is 31.5 Å². The zero-order chi connectivity index (χ0) is 16.2. The Hall–Kier alpha value is -2.82. The van der Waals surface area contributed by atoms with E-state index in [0.717, 1.165) is 11.3 Å². The van der Waals surface area contributed by atoms with E-state index < -0.39 is 6.10 Å². The summed E-state index contributed by atoms with van der Waals surface area (Å²) in [5.41, 5.74) is 5.41. The fourth-order valence-electron chi connectivity index (χ4n) is 2.22. The zero-order valence-corrected chi connectivity index (χ0v) is 13.1. The molecular weight excluding hydrogens is 292 g/mol. The summed E-state index contributed by atoms with van der Waals surface area (Å²) in [6, 6.07) is 15.2. The molecule has 1 heterocycles. The summed E-state index contributed by atoms with van der Waals surface area (Å²) >= 11 is 0. The first-order chi connectivity index (χ1) is 11.1. The highest BCUT2D eigenvalue weighted by atomic mass is 16.6. The first-order valence-electron chi connectivity index (χ1n) is 7.43. The third-order valence-corrected chi connectivity index (χ3v) is 3.60. The maximum Gasteiger partial charge on any atom is 0.284 e. The van der Waals surface area contributed by atoms with Gasteiger partial charge in [-0.3, -0.25) is 4.79 Å². The second-order valence-electron chi connectivity index (χ2n) is 5.40. The van der Waals surface area contributed by atoms with Gasteiger partial charge in [0, 0.05) is 0 Å². The predicted octanol–water partition coefficient (Wildman–Crippen LogP) is 2.68. The second kappa shape index (κ2) is 6.52. The molecule has 0 radical (unpaired) electrons. The summed E-state index contributed by atoms with van der Waals surface area (Å²) in [5.74, 6) is 0.889. The summed E-state index contributed by atoms with van der Waals surface area (Å²) in [6.07, 6.45) is -0.709. The van der Waals surface area contributed by atoms with Crippen molar-refractivity contribution in [1.82, 2.24) is 5.43 Å². The number of aryl methyl sites for hydroxylation is 1. The number of ether oxygens (including phenoxy) is 2. The first kappa shape index (κ1) is 15.1. The summed E-state index contributed by atoms with van der Waals surface area (Å²) in [4.78, 5) is 12.2. The molecule has 1 N–H and O–H groups in total. The minimum atomic E-state index is -0.709. The highest BCUT2D eigenvalue weighted by Gasteiger charge is 2.27. The molecule has 1 unspecified atom stereocenters. The second-order valence-corrected chi connectivity index (χ2v) is 5.40. The molecule has 23 heavy (non-hydrogen) atoms. The van der Waals surface area contributed by atoms with Crippen LogP contribution in [0.4, 0.5) is 0 Å². The van der Waals surface area contributed by atoms with Crippen molar-refractivity contribution in [2.75, 3.05) is 6.61 Å².